The largest absolute Gasteiger partial charge is 0.301 e. The summed E-state index contributed by atoms with van der Waals surface area (Å²) < 4.78 is 30.0. The van der Waals surface area contributed by atoms with Crippen LogP contribution < -0.4 is 4.72 Å². The quantitative estimate of drug-likeness (QED) is 0.912. The minimum atomic E-state index is -3.45. The van der Waals surface area contributed by atoms with E-state index in [0.29, 0.717) is 12.2 Å². The highest BCUT2D eigenvalue weighted by atomic mass is 79.9. The molecule has 1 aromatic rings. The Morgan fingerprint density at radius 2 is 2.11 bits per heavy atom. The van der Waals surface area contributed by atoms with E-state index in [0.717, 1.165) is 29.3 Å². The van der Waals surface area contributed by atoms with Gasteiger partial charge in [0.15, 0.2) is 0 Å². The van der Waals surface area contributed by atoms with E-state index in [1.54, 1.807) is 10.4 Å². The summed E-state index contributed by atoms with van der Waals surface area (Å²) in [5.74, 6) is 0. The maximum absolute atomic E-state index is 12.4. The van der Waals surface area contributed by atoms with Crippen LogP contribution in [-0.4, -0.2) is 25.3 Å². The first-order valence-electron chi connectivity index (χ1n) is 6.46. The third-order valence-corrected chi connectivity index (χ3v) is 5.61. The Morgan fingerprint density at radius 3 is 2.74 bits per heavy atom. The number of rotatable bonds is 3. The minimum absolute atomic E-state index is 0.0713. The molecule has 2 rings (SSSR count). The van der Waals surface area contributed by atoms with Crippen molar-refractivity contribution in [2.45, 2.75) is 39.2 Å². The fourth-order valence-electron chi connectivity index (χ4n) is 2.37. The molecule has 0 amide bonds. The molecule has 19 heavy (non-hydrogen) atoms. The second-order valence-electron chi connectivity index (χ2n) is 5.02. The van der Waals surface area contributed by atoms with Crippen LogP contribution in [0.2, 0.25) is 0 Å². The highest BCUT2D eigenvalue weighted by Crippen LogP contribution is 2.25. The number of nitrogens with one attached hydrogen (secondary N) is 1. The van der Waals surface area contributed by atoms with Gasteiger partial charge in [-0.3, -0.25) is 4.72 Å². The first-order valence-corrected chi connectivity index (χ1v) is 8.69. The first kappa shape index (κ1) is 14.8. The lowest BCUT2D eigenvalue weighted by atomic mass is 10.1. The van der Waals surface area contributed by atoms with Crippen LogP contribution in [0.15, 0.2) is 22.7 Å². The molecule has 1 fully saturated rings. The van der Waals surface area contributed by atoms with Gasteiger partial charge >= 0.3 is 10.2 Å². The number of benzene rings is 1. The molecule has 0 saturated carbocycles. The van der Waals surface area contributed by atoms with Crippen LogP contribution >= 0.6 is 15.9 Å². The molecular formula is C13H19BrN2O2S. The lowest BCUT2D eigenvalue weighted by molar-refractivity contribution is 0.270. The normalized spacial score (nSPS) is 21.3. The second kappa shape index (κ2) is 5.81. The molecule has 0 spiro atoms. The van der Waals surface area contributed by atoms with Crippen LogP contribution in [0.5, 0.6) is 0 Å². The van der Waals surface area contributed by atoms with E-state index in [9.17, 15) is 8.42 Å². The van der Waals surface area contributed by atoms with Crippen molar-refractivity contribution in [3.8, 4) is 0 Å². The zero-order chi connectivity index (χ0) is 14.0. The van der Waals surface area contributed by atoms with Gasteiger partial charge in [-0.2, -0.15) is 12.7 Å². The summed E-state index contributed by atoms with van der Waals surface area (Å²) in [4.78, 5) is 0. The minimum Gasteiger partial charge on any atom is -0.271 e. The maximum atomic E-state index is 12.4. The molecule has 1 aliphatic rings. The predicted octanol–water partition coefficient (Wildman–Crippen LogP) is 3.29. The highest BCUT2D eigenvalue weighted by molar-refractivity contribution is 9.10. The average molecular weight is 347 g/mol. The van der Waals surface area contributed by atoms with Crippen LogP contribution in [0.25, 0.3) is 0 Å². The van der Waals surface area contributed by atoms with Gasteiger partial charge in [-0.25, -0.2) is 0 Å². The Morgan fingerprint density at radius 1 is 1.37 bits per heavy atom. The molecular weight excluding hydrogens is 328 g/mol. The van der Waals surface area contributed by atoms with Crippen molar-refractivity contribution in [3.05, 3.63) is 28.2 Å². The summed E-state index contributed by atoms with van der Waals surface area (Å²) in [6, 6.07) is 5.59. The lowest BCUT2D eigenvalue weighted by Crippen LogP contribution is -2.44. The van der Waals surface area contributed by atoms with Gasteiger partial charge in [0.25, 0.3) is 0 Å². The van der Waals surface area contributed by atoms with Gasteiger partial charge in [-0.05, 0) is 50.5 Å². The summed E-state index contributed by atoms with van der Waals surface area (Å²) in [6.07, 6.45) is 2.97. The molecule has 0 radical (unpaired) electrons. The SMILES string of the molecule is Cc1cc(Br)ccc1NS(=O)(=O)N1CCCCC1C. The zero-order valence-electron chi connectivity index (χ0n) is 11.2. The molecule has 106 valence electrons. The standard InChI is InChI=1S/C13H19BrN2O2S/c1-10-9-12(14)6-7-13(10)15-19(17,18)16-8-4-3-5-11(16)2/h6-7,9,11,15H,3-5,8H2,1-2H3. The van der Waals surface area contributed by atoms with Gasteiger partial charge in [0.05, 0.1) is 5.69 Å². The van der Waals surface area contributed by atoms with Crippen LogP contribution in [0, 0.1) is 6.92 Å². The maximum Gasteiger partial charge on any atom is 0.301 e. The summed E-state index contributed by atoms with van der Waals surface area (Å²) in [7, 11) is -3.45. The smallest absolute Gasteiger partial charge is 0.271 e. The fourth-order valence-corrected chi connectivity index (χ4v) is 4.42. The van der Waals surface area contributed by atoms with Crippen LogP contribution in [0.3, 0.4) is 0 Å². The number of aryl methyl sites for hydroxylation is 1. The molecule has 1 atom stereocenters. The van der Waals surface area contributed by atoms with Gasteiger partial charge in [0, 0.05) is 17.1 Å². The highest BCUT2D eigenvalue weighted by Gasteiger charge is 2.29. The van der Waals surface area contributed by atoms with E-state index in [2.05, 4.69) is 20.7 Å². The van der Waals surface area contributed by atoms with Gasteiger partial charge in [0.1, 0.15) is 0 Å². The molecule has 1 heterocycles. The Labute approximate surface area is 123 Å². The number of halogens is 1. The van der Waals surface area contributed by atoms with Crippen LogP contribution in [-0.2, 0) is 10.2 Å². The Kier molecular flexibility index (Phi) is 4.53. The topological polar surface area (TPSA) is 49.4 Å². The van der Waals surface area contributed by atoms with Crippen molar-refractivity contribution in [2.24, 2.45) is 0 Å². The summed E-state index contributed by atoms with van der Waals surface area (Å²) in [6.45, 7) is 4.46. The Hall–Kier alpha value is -0.590. The van der Waals surface area contributed by atoms with Crippen molar-refractivity contribution < 1.29 is 8.42 Å². The van der Waals surface area contributed by atoms with Gasteiger partial charge in [-0.15, -0.1) is 0 Å². The van der Waals surface area contributed by atoms with Crippen molar-refractivity contribution in [1.82, 2.24) is 4.31 Å². The van der Waals surface area contributed by atoms with Gasteiger partial charge in [-0.1, -0.05) is 22.4 Å². The lowest BCUT2D eigenvalue weighted by Gasteiger charge is -2.32. The van der Waals surface area contributed by atoms with Crippen molar-refractivity contribution in [2.75, 3.05) is 11.3 Å². The number of anilines is 1. The number of hydrogen-bond donors (Lipinski definition) is 1. The van der Waals surface area contributed by atoms with Crippen molar-refractivity contribution in [3.63, 3.8) is 0 Å². The van der Waals surface area contributed by atoms with E-state index in [-0.39, 0.29) is 6.04 Å². The Balaban J connectivity index is 2.20. The summed E-state index contributed by atoms with van der Waals surface area (Å²) in [5.41, 5.74) is 1.54. The molecule has 1 aliphatic heterocycles. The number of hydrogen-bond acceptors (Lipinski definition) is 2. The average Bonchev–Trinajstić information content (AvgIpc) is 2.33. The molecule has 4 nitrogen and oxygen atoms in total. The van der Waals surface area contributed by atoms with Gasteiger partial charge < -0.3 is 0 Å². The monoisotopic (exact) mass is 346 g/mol. The summed E-state index contributed by atoms with van der Waals surface area (Å²) in [5, 5.41) is 0. The molecule has 1 aromatic carbocycles. The van der Waals surface area contributed by atoms with Gasteiger partial charge in [0.2, 0.25) is 0 Å². The van der Waals surface area contributed by atoms with E-state index < -0.39 is 10.2 Å². The predicted molar refractivity (Wildman–Crippen MR) is 81.4 cm³/mol. The Bertz CT molecular complexity index is 560. The molecule has 1 saturated heterocycles. The fraction of sp³-hybridized carbons (Fsp3) is 0.538. The van der Waals surface area contributed by atoms with E-state index in [1.165, 1.54) is 0 Å². The molecule has 1 N–H and O–H groups in total. The zero-order valence-corrected chi connectivity index (χ0v) is 13.6. The third kappa shape index (κ3) is 3.49. The second-order valence-corrected chi connectivity index (χ2v) is 7.56. The van der Waals surface area contributed by atoms with E-state index in [1.807, 2.05) is 26.0 Å². The van der Waals surface area contributed by atoms with Crippen molar-refractivity contribution in [1.29, 1.82) is 0 Å². The van der Waals surface area contributed by atoms with Crippen molar-refractivity contribution >= 4 is 31.8 Å². The number of piperidine rings is 1. The number of nitrogens with zero attached hydrogens (tertiary/aromatic N) is 1. The molecule has 0 bridgehead atoms. The van der Waals surface area contributed by atoms with Crippen LogP contribution in [0.4, 0.5) is 5.69 Å². The molecule has 6 heteroatoms. The molecule has 1 unspecified atom stereocenters. The first-order chi connectivity index (χ1) is 8.90. The van der Waals surface area contributed by atoms with Crippen LogP contribution in [0.1, 0.15) is 31.7 Å². The summed E-state index contributed by atoms with van der Waals surface area (Å²) >= 11 is 3.37. The molecule has 0 aromatic heterocycles. The van der Waals surface area contributed by atoms with E-state index in [4.69, 9.17) is 0 Å². The van der Waals surface area contributed by atoms with E-state index >= 15 is 0 Å². The molecule has 0 aliphatic carbocycles. The third-order valence-electron chi connectivity index (χ3n) is 3.48.